The molecule has 5 rings (SSSR count). The van der Waals surface area contributed by atoms with Crippen LogP contribution in [-0.4, -0.2) is 25.7 Å². The minimum absolute atomic E-state index is 0.335. The highest BCUT2D eigenvalue weighted by Gasteiger charge is 2.23. The number of halogens is 1. The van der Waals surface area contributed by atoms with Crippen LogP contribution in [0.15, 0.2) is 75.8 Å². The lowest BCUT2D eigenvalue weighted by molar-refractivity contribution is 0.0695. The van der Waals surface area contributed by atoms with Crippen molar-refractivity contribution in [2.75, 3.05) is 0 Å². The van der Waals surface area contributed by atoms with Gasteiger partial charge in [0.1, 0.15) is 29.3 Å². The molecule has 1 N–H and O–H groups in total. The van der Waals surface area contributed by atoms with Gasteiger partial charge in [-0.1, -0.05) is 30.3 Å². The van der Waals surface area contributed by atoms with E-state index in [-0.39, 0.29) is 5.82 Å². The van der Waals surface area contributed by atoms with Crippen LogP contribution in [0.25, 0.3) is 45.1 Å². The summed E-state index contributed by atoms with van der Waals surface area (Å²) in [6.45, 7) is 3.48. The highest BCUT2D eigenvalue weighted by molar-refractivity contribution is 5.94. The number of aliphatic hydroxyl groups is 1. The van der Waals surface area contributed by atoms with Gasteiger partial charge < -0.3 is 13.9 Å². The van der Waals surface area contributed by atoms with E-state index in [0.29, 0.717) is 58.3 Å². The van der Waals surface area contributed by atoms with E-state index < -0.39 is 5.60 Å². The second kappa shape index (κ2) is 8.26. The summed E-state index contributed by atoms with van der Waals surface area (Å²) < 4.78 is 25.7. The van der Waals surface area contributed by atoms with Gasteiger partial charge in [0, 0.05) is 17.5 Å². The molecule has 0 aliphatic carbocycles. The highest BCUT2D eigenvalue weighted by atomic mass is 19.1. The van der Waals surface area contributed by atoms with Crippen LogP contribution in [0.3, 0.4) is 0 Å². The SMILES string of the molecule is CC(C)(O)CCc1nc(-c2ccc(F)cc2)c(-c2ncnc3oc(-c4ccccc4)cc23)o1. The maximum absolute atomic E-state index is 13.6. The molecule has 3 aromatic heterocycles. The van der Waals surface area contributed by atoms with Crippen LogP contribution in [-0.2, 0) is 6.42 Å². The zero-order chi connectivity index (χ0) is 23.0. The molecule has 0 radical (unpaired) electrons. The first-order valence-corrected chi connectivity index (χ1v) is 10.7. The Morgan fingerprint density at radius 1 is 0.909 bits per heavy atom. The first kappa shape index (κ1) is 21.0. The Balaban J connectivity index is 1.65. The number of furan rings is 1. The molecule has 166 valence electrons. The standard InChI is InChI=1S/C26H22FN3O3/c1-26(2,31)13-12-21-30-22(17-8-10-18(27)11-9-17)24(33-21)23-19-14-20(16-6-4-3-5-7-16)32-25(19)29-15-28-23/h3-11,14-15,31H,12-13H2,1-2H3. The van der Waals surface area contributed by atoms with Crippen molar-refractivity contribution < 1.29 is 18.3 Å². The van der Waals surface area contributed by atoms with Crippen molar-refractivity contribution in [2.45, 2.75) is 32.3 Å². The first-order valence-electron chi connectivity index (χ1n) is 10.7. The average Bonchev–Trinajstić information content (AvgIpc) is 3.43. The monoisotopic (exact) mass is 443 g/mol. The molecule has 0 amide bonds. The minimum atomic E-state index is -0.859. The maximum Gasteiger partial charge on any atom is 0.230 e. The summed E-state index contributed by atoms with van der Waals surface area (Å²) in [5, 5.41) is 10.8. The molecule has 0 spiro atoms. The van der Waals surface area contributed by atoms with Crippen molar-refractivity contribution in [1.82, 2.24) is 15.0 Å². The molecule has 3 heterocycles. The third kappa shape index (κ3) is 4.40. The van der Waals surface area contributed by atoms with Gasteiger partial charge in [-0.05, 0) is 50.6 Å². The number of fused-ring (bicyclic) bond motifs is 1. The number of aromatic nitrogens is 3. The Bertz CT molecular complexity index is 1400. The second-order valence-corrected chi connectivity index (χ2v) is 8.52. The van der Waals surface area contributed by atoms with E-state index >= 15 is 0 Å². The molecule has 0 aliphatic rings. The lowest BCUT2D eigenvalue weighted by atomic mass is 10.0. The van der Waals surface area contributed by atoms with E-state index in [4.69, 9.17) is 8.83 Å². The van der Waals surface area contributed by atoms with Crippen LogP contribution in [0.2, 0.25) is 0 Å². The zero-order valence-corrected chi connectivity index (χ0v) is 18.2. The molecule has 0 fully saturated rings. The van der Waals surface area contributed by atoms with E-state index in [1.54, 1.807) is 26.0 Å². The second-order valence-electron chi connectivity index (χ2n) is 8.52. The number of oxazole rings is 1. The molecule has 33 heavy (non-hydrogen) atoms. The normalized spacial score (nSPS) is 11.9. The van der Waals surface area contributed by atoms with Crippen LogP contribution >= 0.6 is 0 Å². The van der Waals surface area contributed by atoms with Crippen molar-refractivity contribution in [3.63, 3.8) is 0 Å². The fourth-order valence-corrected chi connectivity index (χ4v) is 3.63. The van der Waals surface area contributed by atoms with Gasteiger partial charge in [0.15, 0.2) is 11.7 Å². The first-order chi connectivity index (χ1) is 15.9. The predicted molar refractivity (Wildman–Crippen MR) is 123 cm³/mol. The Kier molecular flexibility index (Phi) is 5.26. The van der Waals surface area contributed by atoms with Gasteiger partial charge in [0.25, 0.3) is 0 Å². The van der Waals surface area contributed by atoms with Crippen LogP contribution in [0.5, 0.6) is 0 Å². The average molecular weight is 443 g/mol. The molecule has 2 aromatic carbocycles. The number of hydrogen-bond acceptors (Lipinski definition) is 6. The van der Waals surface area contributed by atoms with Gasteiger partial charge >= 0.3 is 0 Å². The van der Waals surface area contributed by atoms with E-state index in [2.05, 4.69) is 15.0 Å². The molecular formula is C26H22FN3O3. The summed E-state index contributed by atoms with van der Waals surface area (Å²) in [6, 6.07) is 17.7. The molecule has 0 saturated carbocycles. The fourth-order valence-electron chi connectivity index (χ4n) is 3.63. The van der Waals surface area contributed by atoms with Crippen molar-refractivity contribution in [2.24, 2.45) is 0 Å². The smallest absolute Gasteiger partial charge is 0.230 e. The number of nitrogens with zero attached hydrogens (tertiary/aromatic N) is 3. The Morgan fingerprint density at radius 2 is 1.67 bits per heavy atom. The molecule has 6 nitrogen and oxygen atoms in total. The third-order valence-electron chi connectivity index (χ3n) is 5.34. The Hall–Kier alpha value is -3.84. The number of benzene rings is 2. The van der Waals surface area contributed by atoms with Crippen LogP contribution in [0.1, 0.15) is 26.2 Å². The third-order valence-corrected chi connectivity index (χ3v) is 5.34. The van der Waals surface area contributed by atoms with E-state index in [1.807, 2.05) is 36.4 Å². The van der Waals surface area contributed by atoms with E-state index in [9.17, 15) is 9.50 Å². The van der Waals surface area contributed by atoms with Crippen molar-refractivity contribution in [3.8, 4) is 34.0 Å². The van der Waals surface area contributed by atoms with Gasteiger partial charge in [0.2, 0.25) is 5.71 Å². The minimum Gasteiger partial charge on any atom is -0.438 e. The van der Waals surface area contributed by atoms with Gasteiger partial charge in [-0.3, -0.25) is 0 Å². The van der Waals surface area contributed by atoms with Crippen LogP contribution < -0.4 is 0 Å². The predicted octanol–water partition coefficient (Wildman–Crippen LogP) is 6.05. The number of aryl methyl sites for hydroxylation is 1. The van der Waals surface area contributed by atoms with E-state index in [1.165, 1.54) is 18.5 Å². The summed E-state index contributed by atoms with van der Waals surface area (Å²) in [7, 11) is 0. The largest absolute Gasteiger partial charge is 0.438 e. The van der Waals surface area contributed by atoms with Crippen molar-refractivity contribution >= 4 is 11.1 Å². The van der Waals surface area contributed by atoms with Crippen LogP contribution in [0, 0.1) is 5.82 Å². The summed E-state index contributed by atoms with van der Waals surface area (Å²) >= 11 is 0. The van der Waals surface area contributed by atoms with Crippen molar-refractivity contribution in [1.29, 1.82) is 0 Å². The molecular weight excluding hydrogens is 421 g/mol. The van der Waals surface area contributed by atoms with E-state index in [0.717, 1.165) is 5.56 Å². The van der Waals surface area contributed by atoms with Gasteiger partial charge in [-0.15, -0.1) is 0 Å². The van der Waals surface area contributed by atoms with Crippen LogP contribution in [0.4, 0.5) is 4.39 Å². The molecule has 0 bridgehead atoms. The van der Waals surface area contributed by atoms with Crippen molar-refractivity contribution in [3.05, 3.63) is 78.7 Å². The molecule has 7 heteroatoms. The highest BCUT2D eigenvalue weighted by Crippen LogP contribution is 2.38. The maximum atomic E-state index is 13.6. The number of rotatable bonds is 6. The quantitative estimate of drug-likeness (QED) is 0.344. The molecule has 0 aliphatic heterocycles. The summed E-state index contributed by atoms with van der Waals surface area (Å²) in [5.41, 5.74) is 2.27. The zero-order valence-electron chi connectivity index (χ0n) is 18.2. The van der Waals surface area contributed by atoms with Gasteiger partial charge in [-0.25, -0.2) is 19.3 Å². The molecule has 0 saturated heterocycles. The Labute approximate surface area is 189 Å². The fraction of sp³-hybridized carbons (Fsp3) is 0.192. The summed E-state index contributed by atoms with van der Waals surface area (Å²) in [5.74, 6) is 1.24. The number of hydrogen-bond donors (Lipinski definition) is 1. The summed E-state index contributed by atoms with van der Waals surface area (Å²) in [6.07, 6.45) is 2.33. The van der Waals surface area contributed by atoms with Gasteiger partial charge in [-0.2, -0.15) is 0 Å². The summed E-state index contributed by atoms with van der Waals surface area (Å²) in [4.78, 5) is 13.4. The molecule has 0 unspecified atom stereocenters. The lowest BCUT2D eigenvalue weighted by Gasteiger charge is -2.14. The topological polar surface area (TPSA) is 85.2 Å². The lowest BCUT2D eigenvalue weighted by Crippen LogP contribution is -2.19. The van der Waals surface area contributed by atoms with Gasteiger partial charge in [0.05, 0.1) is 11.0 Å². The molecule has 0 atom stereocenters. The molecule has 5 aromatic rings. The Morgan fingerprint density at radius 3 is 2.39 bits per heavy atom.